The Kier molecular flexibility index (Phi) is 5.08. The van der Waals surface area contributed by atoms with Crippen molar-refractivity contribution in [3.05, 3.63) is 29.8 Å². The highest BCUT2D eigenvalue weighted by atomic mass is 16.4. The number of urea groups is 1. The molecule has 0 fully saturated rings. The Hall–Kier alpha value is -2.57. The summed E-state index contributed by atoms with van der Waals surface area (Å²) in [6.45, 7) is 0.565. The van der Waals surface area contributed by atoms with E-state index in [4.69, 9.17) is 10.2 Å². The second-order valence-electron chi connectivity index (χ2n) is 4.32. The van der Waals surface area contributed by atoms with Crippen molar-refractivity contribution in [1.82, 2.24) is 4.90 Å². The van der Waals surface area contributed by atoms with Gasteiger partial charge in [0.05, 0.1) is 0 Å². The minimum Gasteiger partial charge on any atom is -0.480 e. The fourth-order valence-corrected chi connectivity index (χ4v) is 1.61. The summed E-state index contributed by atoms with van der Waals surface area (Å²) in [7, 11) is 1.46. The van der Waals surface area contributed by atoms with Crippen LogP contribution in [0.3, 0.4) is 0 Å². The molecule has 1 aromatic rings. The molecule has 1 aromatic carbocycles. The number of hydrogen-bond donors (Lipinski definition) is 2. The number of benzene rings is 1. The molecule has 0 saturated heterocycles. The average molecular weight is 280 g/mol. The van der Waals surface area contributed by atoms with Gasteiger partial charge in [0.25, 0.3) is 0 Å². The average Bonchev–Trinajstić information content (AvgIpc) is 2.36. The first kappa shape index (κ1) is 15.5. The molecule has 0 atom stereocenters. The Morgan fingerprint density at radius 3 is 1.85 bits per heavy atom. The van der Waals surface area contributed by atoms with Crippen LogP contribution in [0.15, 0.2) is 24.3 Å². The number of carbonyl (C=O) groups is 3. The maximum absolute atomic E-state index is 12.1. The van der Waals surface area contributed by atoms with Crippen LogP contribution in [0.5, 0.6) is 0 Å². The molecule has 0 saturated carbocycles. The van der Waals surface area contributed by atoms with Gasteiger partial charge in [-0.2, -0.15) is 0 Å². The van der Waals surface area contributed by atoms with Crippen molar-refractivity contribution in [3.8, 4) is 0 Å². The second kappa shape index (κ2) is 6.55. The normalized spacial score (nSPS) is 9.90. The number of rotatable bonds is 5. The number of amides is 2. The van der Waals surface area contributed by atoms with Gasteiger partial charge in [-0.15, -0.1) is 0 Å². The lowest BCUT2D eigenvalue weighted by atomic mass is 10.2. The van der Waals surface area contributed by atoms with Crippen molar-refractivity contribution >= 4 is 23.7 Å². The summed E-state index contributed by atoms with van der Waals surface area (Å²) < 4.78 is 0. The third-order valence-electron chi connectivity index (χ3n) is 2.63. The van der Waals surface area contributed by atoms with Crippen molar-refractivity contribution in [2.24, 2.45) is 0 Å². The summed E-state index contributed by atoms with van der Waals surface area (Å²) in [6, 6.07) is 6.33. The van der Waals surface area contributed by atoms with Crippen LogP contribution in [0.2, 0.25) is 0 Å². The van der Waals surface area contributed by atoms with Crippen LogP contribution in [0.1, 0.15) is 5.56 Å². The van der Waals surface area contributed by atoms with E-state index in [0.717, 1.165) is 10.5 Å². The topological polar surface area (TPSA) is 98.2 Å². The van der Waals surface area contributed by atoms with Crippen LogP contribution < -0.4 is 4.90 Å². The minimum absolute atomic E-state index is 0.557. The van der Waals surface area contributed by atoms with E-state index >= 15 is 0 Å². The molecule has 0 bridgehead atoms. The van der Waals surface area contributed by atoms with Gasteiger partial charge in [-0.1, -0.05) is 17.7 Å². The van der Waals surface area contributed by atoms with Crippen molar-refractivity contribution < 1.29 is 24.6 Å². The Morgan fingerprint density at radius 1 is 1.00 bits per heavy atom. The monoisotopic (exact) mass is 280 g/mol. The second-order valence-corrected chi connectivity index (χ2v) is 4.32. The van der Waals surface area contributed by atoms with Crippen molar-refractivity contribution in [2.75, 3.05) is 25.0 Å². The van der Waals surface area contributed by atoms with E-state index in [0.29, 0.717) is 5.69 Å². The van der Waals surface area contributed by atoms with E-state index in [9.17, 15) is 14.4 Å². The number of nitrogens with zero attached hydrogens (tertiary/aromatic N) is 2. The van der Waals surface area contributed by atoms with Crippen LogP contribution in [-0.2, 0) is 9.59 Å². The van der Waals surface area contributed by atoms with Gasteiger partial charge in [0.2, 0.25) is 0 Å². The third kappa shape index (κ3) is 4.27. The molecule has 0 radical (unpaired) electrons. The molecular formula is C13H16N2O5. The van der Waals surface area contributed by atoms with Gasteiger partial charge in [-0.05, 0) is 19.1 Å². The lowest BCUT2D eigenvalue weighted by Gasteiger charge is -2.25. The number of carbonyl (C=O) groups excluding carboxylic acids is 1. The number of carboxylic acid groups (broad SMARTS) is 2. The minimum atomic E-state index is -1.27. The van der Waals surface area contributed by atoms with Gasteiger partial charge in [-0.25, -0.2) is 4.79 Å². The zero-order chi connectivity index (χ0) is 15.3. The first-order valence-electron chi connectivity index (χ1n) is 5.84. The first-order chi connectivity index (χ1) is 9.31. The number of aliphatic carboxylic acids is 2. The molecule has 0 unspecified atom stereocenters. The SMILES string of the molecule is Cc1ccc(N(C)C(=O)N(CC(=O)O)CC(=O)O)cc1. The van der Waals surface area contributed by atoms with Gasteiger partial charge in [0.1, 0.15) is 13.1 Å². The van der Waals surface area contributed by atoms with E-state index in [1.165, 1.54) is 11.9 Å². The molecule has 0 heterocycles. The van der Waals surface area contributed by atoms with E-state index in [-0.39, 0.29) is 0 Å². The molecule has 0 aliphatic carbocycles. The molecule has 2 amide bonds. The maximum Gasteiger partial charge on any atom is 0.325 e. The molecular weight excluding hydrogens is 264 g/mol. The number of hydrogen-bond acceptors (Lipinski definition) is 3. The van der Waals surface area contributed by atoms with Gasteiger partial charge < -0.3 is 15.1 Å². The summed E-state index contributed by atoms with van der Waals surface area (Å²) >= 11 is 0. The van der Waals surface area contributed by atoms with Crippen molar-refractivity contribution in [1.29, 1.82) is 0 Å². The number of carboxylic acids is 2. The molecule has 7 heteroatoms. The summed E-state index contributed by atoms with van der Waals surface area (Å²) in [5, 5.41) is 17.5. The predicted molar refractivity (Wildman–Crippen MR) is 71.8 cm³/mol. The molecule has 2 N–H and O–H groups in total. The quantitative estimate of drug-likeness (QED) is 0.839. The fourth-order valence-electron chi connectivity index (χ4n) is 1.61. The highest BCUT2D eigenvalue weighted by molar-refractivity contribution is 5.94. The van der Waals surface area contributed by atoms with Gasteiger partial charge in [-0.3, -0.25) is 14.5 Å². The van der Waals surface area contributed by atoms with Crippen LogP contribution in [-0.4, -0.2) is 53.2 Å². The van der Waals surface area contributed by atoms with Gasteiger partial charge in [0, 0.05) is 12.7 Å². The smallest absolute Gasteiger partial charge is 0.325 e. The predicted octanol–water partition coefficient (Wildman–Crippen LogP) is 1.02. The largest absolute Gasteiger partial charge is 0.480 e. The third-order valence-corrected chi connectivity index (χ3v) is 2.63. The molecule has 0 aliphatic rings. The maximum atomic E-state index is 12.1. The fraction of sp³-hybridized carbons (Fsp3) is 0.308. The Bertz CT molecular complexity index is 496. The molecule has 0 aromatic heterocycles. The summed E-state index contributed by atoms with van der Waals surface area (Å²) in [4.78, 5) is 35.5. The Balaban J connectivity index is 2.89. The zero-order valence-electron chi connectivity index (χ0n) is 11.2. The Labute approximate surface area is 116 Å². The molecule has 7 nitrogen and oxygen atoms in total. The van der Waals surface area contributed by atoms with E-state index in [1.54, 1.807) is 24.3 Å². The lowest BCUT2D eigenvalue weighted by Crippen LogP contribution is -2.46. The molecule has 108 valence electrons. The van der Waals surface area contributed by atoms with Gasteiger partial charge in [0.15, 0.2) is 0 Å². The number of anilines is 1. The van der Waals surface area contributed by atoms with Crippen LogP contribution in [0.4, 0.5) is 10.5 Å². The number of aryl methyl sites for hydroxylation is 1. The van der Waals surface area contributed by atoms with Crippen LogP contribution >= 0.6 is 0 Å². The summed E-state index contributed by atoms with van der Waals surface area (Å²) in [5.74, 6) is -2.53. The highest BCUT2D eigenvalue weighted by Gasteiger charge is 2.23. The van der Waals surface area contributed by atoms with Crippen molar-refractivity contribution in [3.63, 3.8) is 0 Å². The van der Waals surface area contributed by atoms with Gasteiger partial charge >= 0.3 is 18.0 Å². The molecule has 0 aliphatic heterocycles. The van der Waals surface area contributed by atoms with Crippen molar-refractivity contribution in [2.45, 2.75) is 6.92 Å². The first-order valence-corrected chi connectivity index (χ1v) is 5.84. The zero-order valence-corrected chi connectivity index (χ0v) is 11.2. The molecule has 20 heavy (non-hydrogen) atoms. The van der Waals surface area contributed by atoms with E-state index in [1.807, 2.05) is 6.92 Å². The summed E-state index contributed by atoms with van der Waals surface area (Å²) in [5.41, 5.74) is 1.57. The molecule has 1 rings (SSSR count). The van der Waals surface area contributed by atoms with E-state index in [2.05, 4.69) is 0 Å². The standard InChI is InChI=1S/C13H16N2O5/c1-9-3-5-10(6-4-9)14(2)13(20)15(7-11(16)17)8-12(18)19/h3-6H,7-8H2,1-2H3,(H,16,17)(H,18,19). The Morgan fingerprint density at radius 2 is 1.45 bits per heavy atom. The highest BCUT2D eigenvalue weighted by Crippen LogP contribution is 2.15. The van der Waals surface area contributed by atoms with Crippen LogP contribution in [0, 0.1) is 6.92 Å². The lowest BCUT2D eigenvalue weighted by molar-refractivity contribution is -0.140. The van der Waals surface area contributed by atoms with Crippen LogP contribution in [0.25, 0.3) is 0 Å². The summed E-state index contributed by atoms with van der Waals surface area (Å²) in [6.07, 6.45) is 0. The van der Waals surface area contributed by atoms with E-state index < -0.39 is 31.1 Å². The molecule has 0 spiro atoms.